The van der Waals surface area contributed by atoms with Crippen LogP contribution in [0.3, 0.4) is 0 Å². The topological polar surface area (TPSA) is 55.6 Å². The second-order valence-corrected chi connectivity index (χ2v) is 6.10. The molecule has 0 aliphatic carbocycles. The lowest BCUT2D eigenvalue weighted by atomic mass is 9.92. The fraction of sp³-hybridized carbons (Fsp3) is 0.562. The van der Waals surface area contributed by atoms with Gasteiger partial charge in [-0.25, -0.2) is 0 Å². The van der Waals surface area contributed by atoms with Crippen LogP contribution in [0.4, 0.5) is 0 Å². The van der Waals surface area contributed by atoms with Gasteiger partial charge in [-0.15, -0.1) is 0 Å². The molecular formula is C16H23ClN2O2. The number of hydrogen-bond donors (Lipinski definition) is 1. The van der Waals surface area contributed by atoms with E-state index in [0.29, 0.717) is 30.5 Å². The van der Waals surface area contributed by atoms with Crippen molar-refractivity contribution >= 4 is 17.5 Å². The molecule has 2 rings (SSSR count). The molecule has 1 aliphatic rings. The number of likely N-dealkylation sites (tertiary alicyclic amines) is 1. The maximum atomic E-state index is 12.3. The van der Waals surface area contributed by atoms with Crippen molar-refractivity contribution in [1.82, 2.24) is 4.90 Å². The first-order valence-electron chi connectivity index (χ1n) is 7.48. The Hall–Kier alpha value is -1.26. The largest absolute Gasteiger partial charge is 0.493 e. The van der Waals surface area contributed by atoms with Crippen molar-refractivity contribution in [3.63, 3.8) is 0 Å². The Kier molecular flexibility index (Phi) is 5.88. The van der Waals surface area contributed by atoms with Gasteiger partial charge in [0.1, 0.15) is 5.75 Å². The predicted molar refractivity (Wildman–Crippen MR) is 84.5 cm³/mol. The molecule has 0 bridgehead atoms. The Morgan fingerprint density at radius 1 is 1.43 bits per heavy atom. The average Bonchev–Trinajstić information content (AvgIpc) is 2.49. The highest BCUT2D eigenvalue weighted by atomic mass is 35.5. The van der Waals surface area contributed by atoms with Crippen molar-refractivity contribution in [1.29, 1.82) is 0 Å². The summed E-state index contributed by atoms with van der Waals surface area (Å²) in [5.74, 6) is 1.51. The molecule has 2 atom stereocenters. The number of hydrogen-bond acceptors (Lipinski definition) is 3. The first-order chi connectivity index (χ1) is 10.1. The maximum absolute atomic E-state index is 12.3. The second-order valence-electron chi connectivity index (χ2n) is 5.66. The summed E-state index contributed by atoms with van der Waals surface area (Å²) >= 11 is 5.81. The fourth-order valence-electron chi connectivity index (χ4n) is 2.73. The number of amides is 1. The van der Waals surface area contributed by atoms with Crippen molar-refractivity contribution in [2.24, 2.45) is 11.7 Å². The number of nitrogens with zero attached hydrogens (tertiary/aromatic N) is 1. The third-order valence-corrected chi connectivity index (χ3v) is 4.22. The van der Waals surface area contributed by atoms with E-state index in [1.54, 1.807) is 24.3 Å². The molecule has 0 saturated carbocycles. The predicted octanol–water partition coefficient (Wildman–Crippen LogP) is 2.69. The minimum Gasteiger partial charge on any atom is -0.493 e. The molecule has 5 heteroatoms. The van der Waals surface area contributed by atoms with Crippen LogP contribution in [0.5, 0.6) is 5.75 Å². The van der Waals surface area contributed by atoms with Crippen molar-refractivity contribution in [2.45, 2.75) is 32.2 Å². The molecule has 4 nitrogen and oxygen atoms in total. The summed E-state index contributed by atoms with van der Waals surface area (Å²) in [6, 6.07) is 7.33. The van der Waals surface area contributed by atoms with Crippen LogP contribution in [0.25, 0.3) is 0 Å². The minimum absolute atomic E-state index is 0.131. The van der Waals surface area contributed by atoms with Crippen LogP contribution in [-0.2, 0) is 4.79 Å². The summed E-state index contributed by atoms with van der Waals surface area (Å²) in [7, 11) is 0. The molecule has 116 valence electrons. The van der Waals surface area contributed by atoms with Gasteiger partial charge in [-0.2, -0.15) is 0 Å². The van der Waals surface area contributed by atoms with E-state index in [9.17, 15) is 4.79 Å². The summed E-state index contributed by atoms with van der Waals surface area (Å²) in [4.78, 5) is 14.2. The van der Waals surface area contributed by atoms with Gasteiger partial charge in [0.2, 0.25) is 5.91 Å². The van der Waals surface area contributed by atoms with Gasteiger partial charge >= 0.3 is 0 Å². The molecule has 21 heavy (non-hydrogen) atoms. The standard InChI is InChI=1S/C16H23ClN2O2/c1-12-6-8-19(14(10-12)11-18)16(20)7-9-21-15-4-2-13(17)3-5-15/h2-5,12,14H,6-11,18H2,1H3. The molecule has 1 aliphatic heterocycles. The van der Waals surface area contributed by atoms with Gasteiger partial charge < -0.3 is 15.4 Å². The number of rotatable bonds is 5. The van der Waals surface area contributed by atoms with Crippen LogP contribution in [0, 0.1) is 5.92 Å². The number of benzene rings is 1. The van der Waals surface area contributed by atoms with Crippen LogP contribution in [0.15, 0.2) is 24.3 Å². The van der Waals surface area contributed by atoms with Gasteiger partial charge in [-0.3, -0.25) is 4.79 Å². The summed E-state index contributed by atoms with van der Waals surface area (Å²) in [6.07, 6.45) is 2.44. The molecular weight excluding hydrogens is 288 g/mol. The Morgan fingerprint density at radius 2 is 2.14 bits per heavy atom. The van der Waals surface area contributed by atoms with E-state index < -0.39 is 0 Å². The van der Waals surface area contributed by atoms with Gasteiger partial charge in [0.25, 0.3) is 0 Å². The molecule has 0 spiro atoms. The molecule has 2 N–H and O–H groups in total. The second kappa shape index (κ2) is 7.66. The number of carbonyl (C=O) groups is 1. The van der Waals surface area contributed by atoms with Gasteiger partial charge in [0.15, 0.2) is 0 Å². The summed E-state index contributed by atoms with van der Waals surface area (Å²) in [6.45, 7) is 3.94. The number of nitrogens with two attached hydrogens (primary N) is 1. The fourth-order valence-corrected chi connectivity index (χ4v) is 2.86. The Balaban J connectivity index is 1.79. The molecule has 1 aromatic rings. The lowest BCUT2D eigenvalue weighted by Crippen LogP contribution is -2.49. The van der Waals surface area contributed by atoms with Crippen LogP contribution in [-0.4, -0.2) is 36.5 Å². The highest BCUT2D eigenvalue weighted by Crippen LogP contribution is 2.22. The minimum atomic E-state index is 0.131. The van der Waals surface area contributed by atoms with Gasteiger partial charge in [0.05, 0.1) is 13.0 Å². The molecule has 1 fully saturated rings. The molecule has 0 aromatic heterocycles. The number of ether oxygens (including phenoxy) is 1. The van der Waals surface area contributed by atoms with Crippen molar-refractivity contribution in [3.05, 3.63) is 29.3 Å². The Morgan fingerprint density at radius 3 is 2.81 bits per heavy atom. The average molecular weight is 311 g/mol. The van der Waals surface area contributed by atoms with E-state index >= 15 is 0 Å². The molecule has 2 unspecified atom stereocenters. The molecule has 1 aromatic carbocycles. The third kappa shape index (κ3) is 4.61. The van der Waals surface area contributed by atoms with E-state index in [1.165, 1.54) is 0 Å². The highest BCUT2D eigenvalue weighted by Gasteiger charge is 2.28. The number of carbonyl (C=O) groups excluding carboxylic acids is 1. The van der Waals surface area contributed by atoms with Crippen molar-refractivity contribution < 1.29 is 9.53 Å². The Bertz CT molecular complexity index is 464. The van der Waals surface area contributed by atoms with Gasteiger partial charge in [-0.05, 0) is 43.0 Å². The van der Waals surface area contributed by atoms with Gasteiger partial charge in [0, 0.05) is 24.2 Å². The SMILES string of the molecule is CC1CCN(C(=O)CCOc2ccc(Cl)cc2)C(CN)C1. The van der Waals surface area contributed by atoms with Crippen LogP contribution in [0.1, 0.15) is 26.2 Å². The zero-order chi connectivity index (χ0) is 15.2. The smallest absolute Gasteiger partial charge is 0.226 e. The summed E-state index contributed by atoms with van der Waals surface area (Å²) < 4.78 is 5.58. The quantitative estimate of drug-likeness (QED) is 0.909. The van der Waals surface area contributed by atoms with Crippen LogP contribution in [0.2, 0.25) is 5.02 Å². The number of halogens is 1. The molecule has 0 radical (unpaired) electrons. The first kappa shape index (κ1) is 16.1. The zero-order valence-corrected chi connectivity index (χ0v) is 13.2. The Labute approximate surface area is 131 Å². The van der Waals surface area contributed by atoms with Crippen molar-refractivity contribution in [3.8, 4) is 5.75 Å². The third-order valence-electron chi connectivity index (χ3n) is 3.97. The summed E-state index contributed by atoms with van der Waals surface area (Å²) in [5, 5.41) is 0.673. The summed E-state index contributed by atoms with van der Waals surface area (Å²) in [5.41, 5.74) is 5.79. The van der Waals surface area contributed by atoms with Crippen LogP contribution >= 0.6 is 11.6 Å². The van der Waals surface area contributed by atoms with Crippen LogP contribution < -0.4 is 10.5 Å². The molecule has 1 heterocycles. The van der Waals surface area contributed by atoms with E-state index in [-0.39, 0.29) is 11.9 Å². The van der Waals surface area contributed by atoms with E-state index in [4.69, 9.17) is 22.1 Å². The van der Waals surface area contributed by atoms with Gasteiger partial charge in [-0.1, -0.05) is 18.5 Å². The first-order valence-corrected chi connectivity index (χ1v) is 7.86. The number of piperidine rings is 1. The van der Waals surface area contributed by atoms with E-state index in [2.05, 4.69) is 6.92 Å². The maximum Gasteiger partial charge on any atom is 0.226 e. The normalized spacial score (nSPS) is 22.1. The lowest BCUT2D eigenvalue weighted by Gasteiger charge is -2.38. The molecule has 1 saturated heterocycles. The van der Waals surface area contributed by atoms with E-state index in [0.717, 1.165) is 25.1 Å². The highest BCUT2D eigenvalue weighted by molar-refractivity contribution is 6.30. The van der Waals surface area contributed by atoms with Crippen molar-refractivity contribution in [2.75, 3.05) is 19.7 Å². The lowest BCUT2D eigenvalue weighted by molar-refractivity contribution is -0.135. The monoisotopic (exact) mass is 310 g/mol. The zero-order valence-electron chi connectivity index (χ0n) is 12.4. The van der Waals surface area contributed by atoms with E-state index in [1.807, 2.05) is 4.90 Å². The molecule has 1 amide bonds.